The molecule has 1 fully saturated rings. The molecule has 0 saturated carbocycles. The van der Waals surface area contributed by atoms with Crippen molar-refractivity contribution in [1.82, 2.24) is 19.6 Å². The molecule has 1 saturated heterocycles. The molecule has 1 atom stereocenters. The first-order chi connectivity index (χ1) is 10.7. The Morgan fingerprint density at radius 1 is 1.39 bits per heavy atom. The lowest BCUT2D eigenvalue weighted by molar-refractivity contribution is 0.0509. The van der Waals surface area contributed by atoms with E-state index in [2.05, 4.69) is 10.00 Å². The average Bonchev–Trinajstić information content (AvgIpc) is 2.85. The number of hydrogen-bond acceptors (Lipinski definition) is 5. The Kier molecular flexibility index (Phi) is 4.93. The third-order valence-electron chi connectivity index (χ3n) is 3.57. The molecule has 8 nitrogen and oxygen atoms in total. The van der Waals surface area contributed by atoms with Gasteiger partial charge in [-0.05, 0) is 33.8 Å². The highest BCUT2D eigenvalue weighted by atomic mass is 16.6. The number of nitrogens with zero attached hydrogens (tertiary/aromatic N) is 4. The third-order valence-corrected chi connectivity index (χ3v) is 3.57. The number of carbonyl (C=O) groups excluding carboxylic acids is 1. The van der Waals surface area contributed by atoms with E-state index in [0.717, 1.165) is 5.69 Å². The molecular weight excluding hydrogens is 300 g/mol. The van der Waals surface area contributed by atoms with Crippen molar-refractivity contribution in [2.75, 3.05) is 19.6 Å². The van der Waals surface area contributed by atoms with Gasteiger partial charge in [0.25, 0.3) is 0 Å². The van der Waals surface area contributed by atoms with E-state index < -0.39 is 17.8 Å². The van der Waals surface area contributed by atoms with Gasteiger partial charge >= 0.3 is 12.2 Å². The summed E-state index contributed by atoms with van der Waals surface area (Å²) in [5.74, 6) is 0. The van der Waals surface area contributed by atoms with Crippen molar-refractivity contribution < 1.29 is 19.4 Å². The number of amides is 1. The number of hydrogen-bond donors (Lipinski definition) is 1. The molecule has 1 aromatic rings. The van der Waals surface area contributed by atoms with Crippen molar-refractivity contribution in [2.24, 2.45) is 0 Å². The maximum Gasteiger partial charge on any atom is 0.435 e. The van der Waals surface area contributed by atoms with Gasteiger partial charge in [0.1, 0.15) is 5.60 Å². The van der Waals surface area contributed by atoms with E-state index >= 15 is 0 Å². The van der Waals surface area contributed by atoms with Crippen LogP contribution in [-0.2, 0) is 11.3 Å². The molecule has 1 N–H and O–H groups in total. The number of aromatic nitrogens is 2. The Morgan fingerprint density at radius 2 is 2.09 bits per heavy atom. The summed E-state index contributed by atoms with van der Waals surface area (Å²) in [4.78, 5) is 26.6. The first-order valence-corrected chi connectivity index (χ1v) is 7.65. The maximum absolute atomic E-state index is 11.9. The number of piperazine rings is 1. The second-order valence-corrected chi connectivity index (χ2v) is 6.79. The van der Waals surface area contributed by atoms with Crippen molar-refractivity contribution in [3.8, 4) is 0 Å². The topological polar surface area (TPSA) is 87.9 Å². The lowest BCUT2D eigenvalue weighted by Crippen LogP contribution is -2.53. The van der Waals surface area contributed by atoms with Gasteiger partial charge in [-0.25, -0.2) is 9.59 Å². The summed E-state index contributed by atoms with van der Waals surface area (Å²) in [5, 5.41) is 13.3. The van der Waals surface area contributed by atoms with Gasteiger partial charge < -0.3 is 14.7 Å². The van der Waals surface area contributed by atoms with E-state index in [1.807, 2.05) is 6.92 Å². The van der Waals surface area contributed by atoms with E-state index in [-0.39, 0.29) is 6.04 Å². The van der Waals surface area contributed by atoms with Gasteiger partial charge in [-0.2, -0.15) is 9.78 Å². The molecule has 0 radical (unpaired) electrons. The molecule has 0 spiro atoms. The summed E-state index contributed by atoms with van der Waals surface area (Å²) in [6.07, 6.45) is 0.194. The monoisotopic (exact) mass is 324 g/mol. The second kappa shape index (κ2) is 6.57. The first kappa shape index (κ1) is 17.3. The lowest BCUT2D eigenvalue weighted by atomic mass is 10.2. The molecule has 1 aliphatic rings. The SMILES string of the molecule is C[C@H]1CN(Cc2ccn(C(=O)OC(C)(C)C)n2)CCN1C(=O)O. The van der Waals surface area contributed by atoms with E-state index in [1.54, 1.807) is 33.0 Å². The van der Waals surface area contributed by atoms with Crippen LogP contribution in [0.3, 0.4) is 0 Å². The molecule has 128 valence electrons. The van der Waals surface area contributed by atoms with Gasteiger partial charge in [0.05, 0.1) is 5.69 Å². The van der Waals surface area contributed by atoms with Crippen LogP contribution in [0.2, 0.25) is 0 Å². The predicted octanol–water partition coefficient (Wildman–Crippen LogP) is 1.85. The van der Waals surface area contributed by atoms with Crippen LogP contribution in [0, 0.1) is 0 Å². The molecule has 1 aliphatic heterocycles. The number of carboxylic acid groups (broad SMARTS) is 1. The Morgan fingerprint density at radius 3 is 2.65 bits per heavy atom. The van der Waals surface area contributed by atoms with Crippen LogP contribution < -0.4 is 0 Å². The predicted molar refractivity (Wildman–Crippen MR) is 83.3 cm³/mol. The molecule has 2 heterocycles. The fraction of sp³-hybridized carbons (Fsp3) is 0.667. The summed E-state index contributed by atoms with van der Waals surface area (Å²) in [5.41, 5.74) is 0.193. The van der Waals surface area contributed by atoms with Gasteiger partial charge in [0.15, 0.2) is 0 Å². The summed E-state index contributed by atoms with van der Waals surface area (Å²) < 4.78 is 6.45. The molecular formula is C15H24N4O4. The van der Waals surface area contributed by atoms with E-state index in [4.69, 9.17) is 9.84 Å². The highest BCUT2D eigenvalue weighted by Crippen LogP contribution is 2.13. The largest absolute Gasteiger partial charge is 0.465 e. The molecule has 0 aliphatic carbocycles. The summed E-state index contributed by atoms with van der Waals surface area (Å²) in [6, 6.07) is 1.72. The van der Waals surface area contributed by atoms with Gasteiger partial charge in [0.2, 0.25) is 0 Å². The average molecular weight is 324 g/mol. The standard InChI is InChI=1S/C15H24N4O4/c1-11-9-17(7-8-18(11)13(20)21)10-12-5-6-19(16-12)14(22)23-15(2,3)4/h5-6,11H,7-10H2,1-4H3,(H,20,21)/t11-/m0/s1. The molecule has 1 amide bonds. The minimum atomic E-state index is -0.883. The third kappa shape index (κ3) is 4.69. The molecule has 0 aromatic carbocycles. The fourth-order valence-corrected chi connectivity index (χ4v) is 2.55. The van der Waals surface area contributed by atoms with Crippen LogP contribution in [0.5, 0.6) is 0 Å². The summed E-state index contributed by atoms with van der Waals surface area (Å²) >= 11 is 0. The van der Waals surface area contributed by atoms with Crippen molar-refractivity contribution in [1.29, 1.82) is 0 Å². The molecule has 1 aromatic heterocycles. The van der Waals surface area contributed by atoms with E-state index in [9.17, 15) is 9.59 Å². The number of rotatable bonds is 2. The smallest absolute Gasteiger partial charge is 0.435 e. The summed E-state index contributed by atoms with van der Waals surface area (Å²) in [7, 11) is 0. The number of carbonyl (C=O) groups is 2. The zero-order valence-electron chi connectivity index (χ0n) is 14.0. The summed E-state index contributed by atoms with van der Waals surface area (Å²) in [6.45, 7) is 9.65. The molecule has 2 rings (SSSR count). The minimum Gasteiger partial charge on any atom is -0.465 e. The van der Waals surface area contributed by atoms with Crippen LogP contribution in [-0.4, -0.2) is 68.2 Å². The zero-order chi connectivity index (χ0) is 17.2. The van der Waals surface area contributed by atoms with Crippen LogP contribution in [0.4, 0.5) is 9.59 Å². The van der Waals surface area contributed by atoms with Crippen molar-refractivity contribution in [3.63, 3.8) is 0 Å². The lowest BCUT2D eigenvalue weighted by Gasteiger charge is -2.37. The van der Waals surface area contributed by atoms with Gasteiger partial charge in [-0.15, -0.1) is 0 Å². The quantitative estimate of drug-likeness (QED) is 0.893. The molecule has 0 bridgehead atoms. The Bertz CT molecular complexity index is 578. The molecule has 0 unspecified atom stereocenters. The highest BCUT2D eigenvalue weighted by molar-refractivity contribution is 5.69. The second-order valence-electron chi connectivity index (χ2n) is 6.79. The van der Waals surface area contributed by atoms with Gasteiger partial charge in [-0.3, -0.25) is 4.90 Å². The zero-order valence-corrected chi connectivity index (χ0v) is 14.0. The fourth-order valence-electron chi connectivity index (χ4n) is 2.55. The van der Waals surface area contributed by atoms with Gasteiger partial charge in [0, 0.05) is 38.4 Å². The molecule has 23 heavy (non-hydrogen) atoms. The van der Waals surface area contributed by atoms with Gasteiger partial charge in [-0.1, -0.05) is 0 Å². The van der Waals surface area contributed by atoms with Crippen LogP contribution in [0.15, 0.2) is 12.3 Å². The Labute approximate surface area is 135 Å². The Hall–Kier alpha value is -2.09. The Balaban J connectivity index is 1.93. The first-order valence-electron chi connectivity index (χ1n) is 7.65. The highest BCUT2D eigenvalue weighted by Gasteiger charge is 2.27. The van der Waals surface area contributed by atoms with Crippen LogP contribution in [0.25, 0.3) is 0 Å². The maximum atomic E-state index is 11.9. The van der Waals surface area contributed by atoms with Crippen LogP contribution >= 0.6 is 0 Å². The minimum absolute atomic E-state index is 0.0609. The van der Waals surface area contributed by atoms with E-state index in [0.29, 0.717) is 26.2 Å². The van der Waals surface area contributed by atoms with Crippen molar-refractivity contribution in [3.05, 3.63) is 18.0 Å². The van der Waals surface area contributed by atoms with Crippen molar-refractivity contribution in [2.45, 2.75) is 45.9 Å². The molecule has 8 heteroatoms. The number of ether oxygens (including phenoxy) is 1. The normalized spacial score (nSPS) is 19.7. The van der Waals surface area contributed by atoms with E-state index in [1.165, 1.54) is 9.58 Å². The van der Waals surface area contributed by atoms with Crippen LogP contribution in [0.1, 0.15) is 33.4 Å². The van der Waals surface area contributed by atoms with Crippen molar-refractivity contribution >= 4 is 12.2 Å².